The Morgan fingerprint density at radius 2 is 1.82 bits per heavy atom. The number of nitrogens with zero attached hydrogens (tertiary/aromatic N) is 5. The molecule has 1 aromatic carbocycles. The molecule has 196 valence electrons. The van der Waals surface area contributed by atoms with Crippen molar-refractivity contribution in [3.63, 3.8) is 0 Å². The molecule has 0 spiro atoms. The lowest BCUT2D eigenvalue weighted by atomic mass is 9.93. The van der Waals surface area contributed by atoms with Crippen molar-refractivity contribution in [1.82, 2.24) is 19.4 Å². The maximum absolute atomic E-state index is 13.1. The van der Waals surface area contributed by atoms with E-state index >= 15 is 0 Å². The second-order valence-electron chi connectivity index (χ2n) is 10.3. The number of aromatic nitrogens is 4. The highest BCUT2D eigenvalue weighted by Gasteiger charge is 2.27. The molecule has 5 rings (SSSR count). The predicted octanol–water partition coefficient (Wildman–Crippen LogP) is 5.05. The number of hydrogen-bond donors (Lipinski definition) is 0. The van der Waals surface area contributed by atoms with Gasteiger partial charge >= 0.3 is 5.97 Å². The van der Waals surface area contributed by atoms with E-state index in [9.17, 15) is 9.59 Å². The van der Waals surface area contributed by atoms with Gasteiger partial charge < -0.3 is 9.57 Å². The van der Waals surface area contributed by atoms with Crippen LogP contribution in [0.3, 0.4) is 0 Å². The topological polar surface area (TPSA) is 100 Å². The lowest BCUT2D eigenvalue weighted by molar-refractivity contribution is -0.160. The Balaban J connectivity index is 1.51. The van der Waals surface area contributed by atoms with Gasteiger partial charge in [0.15, 0.2) is 0 Å². The zero-order valence-electron chi connectivity index (χ0n) is 21.8. The van der Waals surface area contributed by atoms with Gasteiger partial charge in [-0.1, -0.05) is 48.0 Å². The van der Waals surface area contributed by atoms with Crippen LogP contribution >= 0.6 is 0 Å². The Kier molecular flexibility index (Phi) is 7.09. The van der Waals surface area contributed by atoms with E-state index < -0.39 is 11.6 Å². The quantitative estimate of drug-likeness (QED) is 0.264. The van der Waals surface area contributed by atoms with Crippen molar-refractivity contribution in [1.29, 1.82) is 0 Å². The van der Waals surface area contributed by atoms with E-state index in [0.29, 0.717) is 24.2 Å². The lowest BCUT2D eigenvalue weighted by Gasteiger charge is -2.25. The van der Waals surface area contributed by atoms with Crippen LogP contribution in [-0.4, -0.2) is 43.3 Å². The number of carbonyl (C=O) groups is 1. The molecule has 1 fully saturated rings. The number of pyridine rings is 1. The summed E-state index contributed by atoms with van der Waals surface area (Å²) in [6.45, 7) is 5.10. The molecule has 9 nitrogen and oxygen atoms in total. The molecule has 3 aromatic heterocycles. The molecule has 1 unspecified atom stereocenters. The van der Waals surface area contributed by atoms with E-state index in [1.807, 2.05) is 59.2 Å². The number of rotatable bonds is 6. The molecule has 1 aliphatic carbocycles. The number of fused-ring (bicyclic) bond motifs is 1. The highest BCUT2D eigenvalue weighted by molar-refractivity contribution is 5.91. The predicted molar refractivity (Wildman–Crippen MR) is 145 cm³/mol. The second-order valence-corrected chi connectivity index (χ2v) is 10.3. The SMILES string of the molecule is CC(C)(C)OC(=O)CO/N=C1\CCCCC1n1nc(-c2c(-c3ccccc3)nn3ccccc23)ccc1=O. The molecule has 0 saturated heterocycles. The number of ether oxygens (including phenoxy) is 1. The molecular weight excluding hydrogens is 482 g/mol. The van der Waals surface area contributed by atoms with Crippen molar-refractivity contribution in [2.24, 2.45) is 5.16 Å². The van der Waals surface area contributed by atoms with Crippen molar-refractivity contribution in [3.05, 3.63) is 77.2 Å². The van der Waals surface area contributed by atoms with Crippen LogP contribution in [0.2, 0.25) is 0 Å². The average Bonchev–Trinajstić information content (AvgIpc) is 3.29. The number of benzene rings is 1. The summed E-state index contributed by atoms with van der Waals surface area (Å²) in [4.78, 5) is 30.5. The summed E-state index contributed by atoms with van der Waals surface area (Å²) < 4.78 is 8.61. The van der Waals surface area contributed by atoms with Crippen LogP contribution < -0.4 is 5.56 Å². The molecule has 1 atom stereocenters. The fraction of sp³-hybridized carbons (Fsp3) is 0.345. The van der Waals surface area contributed by atoms with Gasteiger partial charge in [0.2, 0.25) is 6.61 Å². The first-order chi connectivity index (χ1) is 18.3. The lowest BCUT2D eigenvalue weighted by Crippen LogP contribution is -2.34. The van der Waals surface area contributed by atoms with Crippen molar-refractivity contribution < 1.29 is 14.4 Å². The molecule has 3 heterocycles. The highest BCUT2D eigenvalue weighted by atomic mass is 16.7. The monoisotopic (exact) mass is 513 g/mol. The Bertz CT molecular complexity index is 1530. The van der Waals surface area contributed by atoms with Gasteiger partial charge in [0.25, 0.3) is 5.56 Å². The van der Waals surface area contributed by atoms with Crippen LogP contribution in [0.15, 0.2) is 76.8 Å². The third-order valence-corrected chi connectivity index (χ3v) is 6.29. The molecule has 0 bridgehead atoms. The minimum atomic E-state index is -0.602. The summed E-state index contributed by atoms with van der Waals surface area (Å²) in [5.74, 6) is -0.493. The second kappa shape index (κ2) is 10.6. The Labute approximate surface area is 220 Å². The van der Waals surface area contributed by atoms with E-state index in [4.69, 9.17) is 19.8 Å². The molecule has 1 aliphatic rings. The Morgan fingerprint density at radius 3 is 2.61 bits per heavy atom. The third-order valence-electron chi connectivity index (χ3n) is 6.29. The zero-order valence-corrected chi connectivity index (χ0v) is 21.8. The molecule has 9 heteroatoms. The average molecular weight is 514 g/mol. The standard InChI is InChI=1S/C29H31N5O4/c1-29(2,3)38-26(36)19-37-32-21-13-7-8-14-23(21)34-25(35)17-16-22(30-34)27-24-15-9-10-18-33(24)31-28(27)20-11-5-4-6-12-20/h4-6,9-12,15-18,23H,7-8,13-14,19H2,1-3H3/b32-21+. The van der Waals surface area contributed by atoms with Gasteiger partial charge in [0.1, 0.15) is 11.3 Å². The Hall–Kier alpha value is -4.27. The molecule has 38 heavy (non-hydrogen) atoms. The largest absolute Gasteiger partial charge is 0.457 e. The molecule has 0 amide bonds. The number of hydrogen-bond acceptors (Lipinski definition) is 7. The van der Waals surface area contributed by atoms with Crippen molar-refractivity contribution >= 4 is 17.2 Å². The van der Waals surface area contributed by atoms with Crippen LogP contribution in [0.5, 0.6) is 0 Å². The van der Waals surface area contributed by atoms with E-state index in [1.54, 1.807) is 26.8 Å². The summed E-state index contributed by atoms with van der Waals surface area (Å²) in [6, 6.07) is 18.7. The molecule has 4 aromatic rings. The maximum atomic E-state index is 13.1. The van der Waals surface area contributed by atoms with Crippen LogP contribution in [0.4, 0.5) is 0 Å². The first-order valence-electron chi connectivity index (χ1n) is 12.8. The van der Waals surface area contributed by atoms with Gasteiger partial charge in [-0.15, -0.1) is 0 Å². The van der Waals surface area contributed by atoms with Crippen molar-refractivity contribution in [2.45, 2.75) is 58.1 Å². The van der Waals surface area contributed by atoms with E-state index in [-0.39, 0.29) is 18.2 Å². The summed E-state index contributed by atoms with van der Waals surface area (Å²) in [5, 5.41) is 13.9. The van der Waals surface area contributed by atoms with Gasteiger partial charge in [-0.05, 0) is 58.2 Å². The zero-order chi connectivity index (χ0) is 26.7. The summed E-state index contributed by atoms with van der Waals surface area (Å²) >= 11 is 0. The molecular formula is C29H31N5O4. The normalized spacial score (nSPS) is 17.0. The molecule has 0 aliphatic heterocycles. The Morgan fingerprint density at radius 1 is 1.03 bits per heavy atom. The van der Waals surface area contributed by atoms with E-state index in [0.717, 1.165) is 35.2 Å². The fourth-order valence-electron chi connectivity index (χ4n) is 4.72. The fourth-order valence-corrected chi connectivity index (χ4v) is 4.72. The molecule has 1 saturated carbocycles. The van der Waals surface area contributed by atoms with Crippen molar-refractivity contribution in [3.8, 4) is 22.5 Å². The van der Waals surface area contributed by atoms with Crippen LogP contribution in [0, 0.1) is 0 Å². The third kappa shape index (κ3) is 5.51. The van der Waals surface area contributed by atoms with Crippen molar-refractivity contribution in [2.75, 3.05) is 6.61 Å². The van der Waals surface area contributed by atoms with Crippen LogP contribution in [-0.2, 0) is 14.4 Å². The van der Waals surface area contributed by atoms with E-state index in [1.165, 1.54) is 10.7 Å². The van der Waals surface area contributed by atoms with Gasteiger partial charge in [-0.3, -0.25) is 4.79 Å². The van der Waals surface area contributed by atoms with Gasteiger partial charge in [0.05, 0.1) is 28.5 Å². The maximum Gasteiger partial charge on any atom is 0.347 e. The summed E-state index contributed by atoms with van der Waals surface area (Å²) in [6.07, 6.45) is 5.11. The number of esters is 1. The summed E-state index contributed by atoms with van der Waals surface area (Å²) in [5.41, 5.74) is 3.99. The van der Waals surface area contributed by atoms with Gasteiger partial charge in [-0.25, -0.2) is 14.0 Å². The van der Waals surface area contributed by atoms with Gasteiger partial charge in [-0.2, -0.15) is 10.2 Å². The number of oxime groups is 1. The van der Waals surface area contributed by atoms with Gasteiger partial charge in [0, 0.05) is 17.8 Å². The van der Waals surface area contributed by atoms with Crippen LogP contribution in [0.25, 0.3) is 28.0 Å². The van der Waals surface area contributed by atoms with E-state index in [2.05, 4.69) is 5.16 Å². The number of carbonyl (C=O) groups excluding carboxylic acids is 1. The first-order valence-corrected chi connectivity index (χ1v) is 12.8. The smallest absolute Gasteiger partial charge is 0.347 e. The minimum Gasteiger partial charge on any atom is -0.457 e. The molecule has 0 N–H and O–H groups in total. The van der Waals surface area contributed by atoms with Crippen LogP contribution in [0.1, 0.15) is 52.5 Å². The molecule has 0 radical (unpaired) electrons. The summed E-state index contributed by atoms with van der Waals surface area (Å²) in [7, 11) is 0. The minimum absolute atomic E-state index is 0.224. The highest BCUT2D eigenvalue weighted by Crippen LogP contribution is 2.34. The first kappa shape index (κ1) is 25.4.